The van der Waals surface area contributed by atoms with E-state index in [9.17, 15) is 0 Å². The van der Waals surface area contributed by atoms with Gasteiger partial charge in [0, 0.05) is 23.6 Å². The van der Waals surface area contributed by atoms with Gasteiger partial charge in [0.25, 0.3) is 0 Å². The molecule has 1 heterocycles. The lowest BCUT2D eigenvalue weighted by Crippen LogP contribution is -2.44. The van der Waals surface area contributed by atoms with Crippen molar-refractivity contribution in [2.75, 3.05) is 31.9 Å². The highest BCUT2D eigenvalue weighted by Crippen LogP contribution is 2.30. The van der Waals surface area contributed by atoms with Gasteiger partial charge in [0.15, 0.2) is 0 Å². The van der Waals surface area contributed by atoms with E-state index in [0.29, 0.717) is 10.2 Å². The van der Waals surface area contributed by atoms with Gasteiger partial charge >= 0.3 is 0 Å². The average Bonchev–Trinajstić information content (AvgIpc) is 2.14. The summed E-state index contributed by atoms with van der Waals surface area (Å²) in [6.45, 7) is 13.7. The van der Waals surface area contributed by atoms with Gasteiger partial charge in [0.2, 0.25) is 0 Å². The first kappa shape index (κ1) is 13.3. The number of hydrogen-bond acceptors (Lipinski definition) is 3. The Morgan fingerprint density at radius 2 is 2.07 bits per heavy atom. The Balaban J connectivity index is 2.33. The van der Waals surface area contributed by atoms with Crippen molar-refractivity contribution in [1.29, 1.82) is 0 Å². The fourth-order valence-corrected chi connectivity index (χ4v) is 3.04. The molecule has 1 fully saturated rings. The van der Waals surface area contributed by atoms with E-state index in [4.69, 9.17) is 5.73 Å². The van der Waals surface area contributed by atoms with E-state index >= 15 is 0 Å². The minimum absolute atomic E-state index is 0.300. The molecule has 2 N–H and O–H groups in total. The second kappa shape index (κ2) is 5.07. The highest BCUT2D eigenvalue weighted by molar-refractivity contribution is 8.00. The molecule has 0 aromatic rings. The summed E-state index contributed by atoms with van der Waals surface area (Å²) in [5.74, 6) is 1.27. The molecule has 0 aromatic heterocycles. The SMILES string of the molecule is CC(C)(CN)CCN1CCSC(C)(C)C1. The van der Waals surface area contributed by atoms with Gasteiger partial charge in [-0.05, 0) is 38.8 Å². The number of rotatable bonds is 4. The molecule has 0 spiro atoms. The van der Waals surface area contributed by atoms with E-state index in [0.717, 1.165) is 6.54 Å². The van der Waals surface area contributed by atoms with Crippen molar-refractivity contribution in [2.24, 2.45) is 11.1 Å². The maximum atomic E-state index is 5.75. The maximum Gasteiger partial charge on any atom is 0.0231 e. The predicted octanol–water partition coefficient (Wildman–Crippen LogP) is 2.19. The minimum Gasteiger partial charge on any atom is -0.330 e. The summed E-state index contributed by atoms with van der Waals surface area (Å²) in [7, 11) is 0. The molecule has 1 aliphatic heterocycles. The van der Waals surface area contributed by atoms with Crippen LogP contribution in [0.1, 0.15) is 34.1 Å². The number of hydrogen-bond donors (Lipinski definition) is 1. The van der Waals surface area contributed by atoms with E-state index in [1.165, 1.54) is 31.8 Å². The van der Waals surface area contributed by atoms with Crippen molar-refractivity contribution in [1.82, 2.24) is 4.90 Å². The van der Waals surface area contributed by atoms with Gasteiger partial charge in [-0.25, -0.2) is 0 Å². The van der Waals surface area contributed by atoms with Crippen LogP contribution in [-0.4, -0.2) is 41.6 Å². The van der Waals surface area contributed by atoms with Crippen LogP contribution in [0.25, 0.3) is 0 Å². The molecule has 0 aliphatic carbocycles. The number of nitrogens with zero attached hydrogens (tertiary/aromatic N) is 1. The molecular formula is C12H26N2S. The van der Waals surface area contributed by atoms with Crippen molar-refractivity contribution in [3.63, 3.8) is 0 Å². The Morgan fingerprint density at radius 1 is 1.40 bits per heavy atom. The van der Waals surface area contributed by atoms with Gasteiger partial charge in [-0.15, -0.1) is 0 Å². The molecule has 0 bridgehead atoms. The zero-order chi connectivity index (χ0) is 11.5. The molecule has 0 aromatic carbocycles. The maximum absolute atomic E-state index is 5.75. The van der Waals surface area contributed by atoms with Crippen LogP contribution in [0, 0.1) is 5.41 Å². The molecule has 90 valence electrons. The van der Waals surface area contributed by atoms with Crippen LogP contribution in [0.15, 0.2) is 0 Å². The van der Waals surface area contributed by atoms with E-state index in [2.05, 4.69) is 44.4 Å². The first-order chi connectivity index (χ1) is 6.85. The van der Waals surface area contributed by atoms with Crippen LogP contribution >= 0.6 is 11.8 Å². The lowest BCUT2D eigenvalue weighted by molar-refractivity contribution is 0.213. The lowest BCUT2D eigenvalue weighted by Gasteiger charge is -2.38. The Kier molecular flexibility index (Phi) is 4.50. The molecule has 0 saturated carbocycles. The van der Waals surface area contributed by atoms with Gasteiger partial charge in [0.1, 0.15) is 0 Å². The first-order valence-corrected chi connectivity index (χ1v) is 6.90. The predicted molar refractivity (Wildman–Crippen MR) is 70.4 cm³/mol. The minimum atomic E-state index is 0.300. The second-order valence-corrected chi connectivity index (χ2v) is 7.80. The first-order valence-electron chi connectivity index (χ1n) is 5.91. The summed E-state index contributed by atoms with van der Waals surface area (Å²) in [5, 5.41) is 0. The summed E-state index contributed by atoms with van der Waals surface area (Å²) in [4.78, 5) is 2.59. The molecular weight excluding hydrogens is 204 g/mol. The largest absolute Gasteiger partial charge is 0.330 e. The van der Waals surface area contributed by atoms with E-state index in [1.54, 1.807) is 0 Å². The van der Waals surface area contributed by atoms with Gasteiger partial charge in [-0.2, -0.15) is 11.8 Å². The monoisotopic (exact) mass is 230 g/mol. The van der Waals surface area contributed by atoms with Crippen LogP contribution in [0.2, 0.25) is 0 Å². The Hall–Kier alpha value is 0.270. The van der Waals surface area contributed by atoms with Crippen LogP contribution < -0.4 is 5.73 Å². The van der Waals surface area contributed by atoms with Crippen molar-refractivity contribution >= 4 is 11.8 Å². The summed E-state index contributed by atoms with van der Waals surface area (Å²) in [6, 6.07) is 0. The smallest absolute Gasteiger partial charge is 0.0231 e. The molecule has 1 saturated heterocycles. The second-order valence-electron chi connectivity index (χ2n) is 6.00. The molecule has 0 radical (unpaired) electrons. The summed E-state index contributed by atoms with van der Waals surface area (Å²) < 4.78 is 0.436. The van der Waals surface area contributed by atoms with Gasteiger partial charge in [0.05, 0.1) is 0 Å². The fourth-order valence-electron chi connectivity index (χ4n) is 1.87. The lowest BCUT2D eigenvalue weighted by atomic mass is 9.89. The third-order valence-corrected chi connectivity index (χ3v) is 4.46. The normalized spacial score (nSPS) is 23.0. The van der Waals surface area contributed by atoms with Crippen molar-refractivity contribution in [3.8, 4) is 0 Å². The molecule has 0 unspecified atom stereocenters. The van der Waals surface area contributed by atoms with E-state index in [1.807, 2.05) is 0 Å². The number of nitrogens with two attached hydrogens (primary N) is 1. The molecule has 0 amide bonds. The van der Waals surface area contributed by atoms with E-state index < -0.39 is 0 Å². The van der Waals surface area contributed by atoms with Crippen LogP contribution in [0.4, 0.5) is 0 Å². The number of thioether (sulfide) groups is 1. The average molecular weight is 230 g/mol. The highest BCUT2D eigenvalue weighted by atomic mass is 32.2. The van der Waals surface area contributed by atoms with Crippen molar-refractivity contribution in [2.45, 2.75) is 38.9 Å². The third-order valence-electron chi connectivity index (χ3n) is 3.16. The zero-order valence-corrected chi connectivity index (χ0v) is 11.5. The standard InChI is InChI=1S/C12H26N2S/c1-11(2,9-13)5-6-14-7-8-15-12(3,4)10-14/h5-10,13H2,1-4H3. The Labute approximate surface area is 99.0 Å². The van der Waals surface area contributed by atoms with Crippen molar-refractivity contribution < 1.29 is 0 Å². The van der Waals surface area contributed by atoms with Gasteiger partial charge < -0.3 is 10.6 Å². The van der Waals surface area contributed by atoms with Gasteiger partial charge in [-0.1, -0.05) is 13.8 Å². The third kappa shape index (κ3) is 4.75. The van der Waals surface area contributed by atoms with Crippen LogP contribution in [0.5, 0.6) is 0 Å². The quantitative estimate of drug-likeness (QED) is 0.803. The fraction of sp³-hybridized carbons (Fsp3) is 1.00. The van der Waals surface area contributed by atoms with Crippen LogP contribution in [0.3, 0.4) is 0 Å². The molecule has 15 heavy (non-hydrogen) atoms. The Bertz CT molecular complexity index is 202. The topological polar surface area (TPSA) is 29.3 Å². The Morgan fingerprint density at radius 3 is 2.60 bits per heavy atom. The molecule has 0 atom stereocenters. The van der Waals surface area contributed by atoms with E-state index in [-0.39, 0.29) is 0 Å². The highest BCUT2D eigenvalue weighted by Gasteiger charge is 2.27. The summed E-state index contributed by atoms with van der Waals surface area (Å²) in [5.41, 5.74) is 6.05. The zero-order valence-electron chi connectivity index (χ0n) is 10.7. The van der Waals surface area contributed by atoms with Gasteiger partial charge in [-0.3, -0.25) is 0 Å². The van der Waals surface area contributed by atoms with Crippen molar-refractivity contribution in [3.05, 3.63) is 0 Å². The molecule has 1 rings (SSSR count). The summed E-state index contributed by atoms with van der Waals surface area (Å²) in [6.07, 6.45) is 1.21. The molecule has 3 heteroatoms. The molecule has 1 aliphatic rings. The molecule has 2 nitrogen and oxygen atoms in total. The summed E-state index contributed by atoms with van der Waals surface area (Å²) >= 11 is 2.10. The van der Waals surface area contributed by atoms with Crippen LogP contribution in [-0.2, 0) is 0 Å².